The van der Waals surface area contributed by atoms with Gasteiger partial charge in [-0.3, -0.25) is 19.9 Å². The van der Waals surface area contributed by atoms with E-state index in [4.69, 9.17) is 0 Å². The molecule has 0 bridgehead atoms. The zero-order chi connectivity index (χ0) is 19.6. The molecular weight excluding hydrogens is 350 g/mol. The first-order chi connectivity index (χ1) is 13.6. The number of rotatable bonds is 4. The van der Waals surface area contributed by atoms with Crippen molar-refractivity contribution >= 4 is 18.0 Å². The summed E-state index contributed by atoms with van der Waals surface area (Å²) in [4.78, 5) is 31.7. The normalized spacial score (nSPS) is 24.1. The lowest BCUT2D eigenvalue weighted by molar-refractivity contribution is -0.135. The summed E-state index contributed by atoms with van der Waals surface area (Å²) in [5.74, 6) is -1.14. The Morgan fingerprint density at radius 1 is 1.07 bits per heavy atom. The Labute approximate surface area is 164 Å². The van der Waals surface area contributed by atoms with Crippen LogP contribution in [-0.2, 0) is 16.1 Å². The molecule has 0 aromatic heterocycles. The second-order valence-electron chi connectivity index (χ2n) is 7.16. The molecule has 28 heavy (non-hydrogen) atoms. The van der Waals surface area contributed by atoms with Crippen LogP contribution < -0.4 is 5.32 Å². The fourth-order valence-corrected chi connectivity index (χ4v) is 3.51. The fourth-order valence-electron chi connectivity index (χ4n) is 3.51. The second-order valence-corrected chi connectivity index (χ2v) is 7.16. The summed E-state index contributed by atoms with van der Waals surface area (Å²) in [6, 6.07) is 19.6. The van der Waals surface area contributed by atoms with Gasteiger partial charge in [0.15, 0.2) is 0 Å². The zero-order valence-corrected chi connectivity index (χ0v) is 15.6. The van der Waals surface area contributed by atoms with E-state index in [1.54, 1.807) is 13.1 Å². The van der Waals surface area contributed by atoms with Gasteiger partial charge in [-0.15, -0.1) is 0 Å². The van der Waals surface area contributed by atoms with Crippen LogP contribution >= 0.6 is 0 Å². The highest BCUT2D eigenvalue weighted by molar-refractivity contribution is 6.12. The standard InChI is InChI=1S/C23H21N3O2/c1-23(24-14-17-8-4-2-5-9-17)20-12-13-26(15-18-10-6-3-7-11-18)16-19(20)21(27)25-22(23)28/h2-14,16,20H,15H2,1H3,(H,25,27,28). The average Bonchev–Trinajstić information content (AvgIpc) is 2.72. The van der Waals surface area contributed by atoms with Crippen LogP contribution in [0.4, 0.5) is 0 Å². The molecule has 0 radical (unpaired) electrons. The third-order valence-electron chi connectivity index (χ3n) is 5.15. The molecule has 0 saturated carbocycles. The molecule has 2 unspecified atom stereocenters. The third-order valence-corrected chi connectivity index (χ3v) is 5.15. The highest BCUT2D eigenvalue weighted by Crippen LogP contribution is 2.36. The lowest BCUT2D eigenvalue weighted by atomic mass is 9.76. The Hall–Kier alpha value is -3.47. The first kappa shape index (κ1) is 17.9. The van der Waals surface area contributed by atoms with Crippen LogP contribution in [0.25, 0.3) is 0 Å². The molecule has 2 atom stereocenters. The minimum atomic E-state index is -1.08. The number of imide groups is 1. The highest BCUT2D eigenvalue weighted by atomic mass is 16.2. The number of carbonyl (C=O) groups excluding carboxylic acids is 2. The van der Waals surface area contributed by atoms with Gasteiger partial charge in [0.05, 0.1) is 0 Å². The number of fused-ring (bicyclic) bond motifs is 1. The zero-order valence-electron chi connectivity index (χ0n) is 15.6. The average molecular weight is 371 g/mol. The first-order valence-corrected chi connectivity index (χ1v) is 9.22. The molecule has 2 aliphatic heterocycles. The van der Waals surface area contributed by atoms with Gasteiger partial charge in [-0.1, -0.05) is 66.7 Å². The van der Waals surface area contributed by atoms with Crippen molar-refractivity contribution in [3.05, 3.63) is 95.8 Å². The number of carbonyl (C=O) groups is 2. The van der Waals surface area contributed by atoms with E-state index in [-0.39, 0.29) is 11.8 Å². The molecular formula is C23H21N3O2. The smallest absolute Gasteiger partial charge is 0.256 e. The van der Waals surface area contributed by atoms with Gasteiger partial charge in [0.25, 0.3) is 11.8 Å². The van der Waals surface area contributed by atoms with Crippen LogP contribution in [0.5, 0.6) is 0 Å². The maximum absolute atomic E-state index is 12.7. The number of hydrogen-bond acceptors (Lipinski definition) is 4. The minimum absolute atomic E-state index is 0.357. The van der Waals surface area contributed by atoms with Gasteiger partial charge in [0.1, 0.15) is 5.54 Å². The van der Waals surface area contributed by atoms with Crippen molar-refractivity contribution in [2.45, 2.75) is 19.0 Å². The van der Waals surface area contributed by atoms with Crippen molar-refractivity contribution in [3.8, 4) is 0 Å². The van der Waals surface area contributed by atoms with Crippen molar-refractivity contribution in [2.75, 3.05) is 0 Å². The number of nitrogens with one attached hydrogen (secondary N) is 1. The molecule has 2 aromatic carbocycles. The van der Waals surface area contributed by atoms with Gasteiger partial charge >= 0.3 is 0 Å². The molecule has 2 amide bonds. The van der Waals surface area contributed by atoms with Crippen LogP contribution in [0.1, 0.15) is 18.1 Å². The summed E-state index contributed by atoms with van der Waals surface area (Å²) >= 11 is 0. The molecule has 1 saturated heterocycles. The predicted molar refractivity (Wildman–Crippen MR) is 108 cm³/mol. The van der Waals surface area contributed by atoms with E-state index in [9.17, 15) is 9.59 Å². The number of nitrogens with zero attached hydrogens (tertiary/aromatic N) is 2. The lowest BCUT2D eigenvalue weighted by Crippen LogP contribution is -2.57. The number of piperidine rings is 1. The highest BCUT2D eigenvalue weighted by Gasteiger charge is 2.49. The van der Waals surface area contributed by atoms with Crippen molar-refractivity contribution < 1.29 is 9.59 Å². The van der Waals surface area contributed by atoms with E-state index in [0.29, 0.717) is 12.1 Å². The van der Waals surface area contributed by atoms with Crippen molar-refractivity contribution in [1.82, 2.24) is 10.2 Å². The Morgan fingerprint density at radius 3 is 2.46 bits per heavy atom. The Morgan fingerprint density at radius 2 is 1.75 bits per heavy atom. The maximum atomic E-state index is 12.7. The van der Waals surface area contributed by atoms with Crippen LogP contribution in [0.2, 0.25) is 0 Å². The molecule has 1 N–H and O–H groups in total. The predicted octanol–water partition coefficient (Wildman–Crippen LogP) is 3.05. The van der Waals surface area contributed by atoms with Crippen LogP contribution in [-0.4, -0.2) is 28.5 Å². The van der Waals surface area contributed by atoms with E-state index in [1.807, 2.05) is 84.0 Å². The molecule has 5 nitrogen and oxygen atoms in total. The van der Waals surface area contributed by atoms with Crippen LogP contribution in [0, 0.1) is 5.92 Å². The molecule has 140 valence electrons. The molecule has 2 aromatic rings. The van der Waals surface area contributed by atoms with E-state index < -0.39 is 11.5 Å². The van der Waals surface area contributed by atoms with Crippen molar-refractivity contribution in [2.24, 2.45) is 10.9 Å². The summed E-state index contributed by atoms with van der Waals surface area (Å²) in [6.07, 6.45) is 7.33. The summed E-state index contributed by atoms with van der Waals surface area (Å²) in [5.41, 5.74) is 1.51. The molecule has 4 rings (SSSR count). The molecule has 1 fully saturated rings. The lowest BCUT2D eigenvalue weighted by Gasteiger charge is -2.39. The second kappa shape index (κ2) is 7.27. The van der Waals surface area contributed by atoms with Gasteiger partial charge in [-0.05, 0) is 18.1 Å². The number of hydrogen-bond donors (Lipinski definition) is 1. The largest absolute Gasteiger partial charge is 0.350 e. The monoisotopic (exact) mass is 371 g/mol. The topological polar surface area (TPSA) is 61.8 Å². The van der Waals surface area contributed by atoms with Crippen molar-refractivity contribution in [1.29, 1.82) is 0 Å². The quantitative estimate of drug-likeness (QED) is 0.664. The molecule has 2 aliphatic rings. The minimum Gasteiger partial charge on any atom is -0.350 e. The summed E-state index contributed by atoms with van der Waals surface area (Å²) in [6.45, 7) is 2.42. The SMILES string of the molecule is CC1(N=Cc2ccccc2)C(=O)NC(=O)C2=CN(Cc3ccccc3)C=CC21. The number of benzene rings is 2. The van der Waals surface area contributed by atoms with Crippen LogP contribution in [0.3, 0.4) is 0 Å². The first-order valence-electron chi connectivity index (χ1n) is 9.22. The van der Waals surface area contributed by atoms with E-state index in [1.165, 1.54) is 0 Å². The summed E-state index contributed by atoms with van der Waals surface area (Å²) in [5, 5.41) is 2.47. The molecule has 2 heterocycles. The molecule has 0 aliphatic carbocycles. The maximum Gasteiger partial charge on any atom is 0.256 e. The molecule has 0 spiro atoms. The van der Waals surface area contributed by atoms with E-state index >= 15 is 0 Å². The van der Waals surface area contributed by atoms with Gasteiger partial charge in [-0.25, -0.2) is 0 Å². The summed E-state index contributed by atoms with van der Waals surface area (Å²) in [7, 11) is 0. The third kappa shape index (κ3) is 3.39. The Balaban J connectivity index is 1.62. The van der Waals surface area contributed by atoms with Gasteiger partial charge in [0, 0.05) is 36.7 Å². The van der Waals surface area contributed by atoms with Crippen LogP contribution in [0.15, 0.2) is 89.7 Å². The van der Waals surface area contributed by atoms with Crippen molar-refractivity contribution in [3.63, 3.8) is 0 Å². The summed E-state index contributed by atoms with van der Waals surface area (Å²) < 4.78 is 0. The van der Waals surface area contributed by atoms with Gasteiger partial charge < -0.3 is 4.90 Å². The van der Waals surface area contributed by atoms with E-state index in [0.717, 1.165) is 11.1 Å². The number of aliphatic imine (C=N–C) groups is 1. The van der Waals surface area contributed by atoms with Gasteiger partial charge in [-0.2, -0.15) is 0 Å². The van der Waals surface area contributed by atoms with E-state index in [2.05, 4.69) is 10.3 Å². The fraction of sp³-hybridized carbons (Fsp3) is 0.174. The number of amides is 2. The van der Waals surface area contributed by atoms with Gasteiger partial charge in [0.2, 0.25) is 0 Å². The Bertz CT molecular complexity index is 979. The Kier molecular flexibility index (Phi) is 4.65. The molecule has 5 heteroatoms.